The van der Waals surface area contributed by atoms with Gasteiger partial charge >= 0.3 is 5.97 Å². The molecule has 8 nitrogen and oxygen atoms in total. The largest absolute Gasteiger partial charge is 0.481 e. The van der Waals surface area contributed by atoms with Crippen molar-refractivity contribution in [2.45, 2.75) is 24.2 Å². The second-order valence-corrected chi connectivity index (χ2v) is 9.47. The zero-order valence-electron chi connectivity index (χ0n) is 14.1. The third kappa shape index (κ3) is 2.98. The molecule has 1 aromatic carbocycles. The van der Waals surface area contributed by atoms with Gasteiger partial charge in [-0.1, -0.05) is 0 Å². The van der Waals surface area contributed by atoms with Crippen molar-refractivity contribution in [3.8, 4) is 0 Å². The molecule has 1 amide bonds. The fourth-order valence-electron chi connectivity index (χ4n) is 4.18. The molecule has 2 aromatic rings. The Bertz CT molecular complexity index is 984. The number of rotatable bonds is 6. The van der Waals surface area contributed by atoms with Gasteiger partial charge in [0.05, 0.1) is 16.2 Å². The van der Waals surface area contributed by atoms with E-state index in [4.69, 9.17) is 0 Å². The monoisotopic (exact) mass is 407 g/mol. The number of carboxylic acids is 1. The number of amides is 1. The molecule has 1 heterocycles. The Morgan fingerprint density at radius 1 is 1.26 bits per heavy atom. The van der Waals surface area contributed by atoms with Crippen molar-refractivity contribution >= 4 is 44.1 Å². The van der Waals surface area contributed by atoms with Crippen LogP contribution in [0.5, 0.6) is 0 Å². The molecule has 142 valence electrons. The first-order valence-electron chi connectivity index (χ1n) is 8.38. The number of aliphatic carboxylic acids is 1. The molecule has 0 radical (unpaired) electrons. The van der Waals surface area contributed by atoms with E-state index >= 15 is 0 Å². The number of thiazole rings is 1. The zero-order valence-corrected chi connectivity index (χ0v) is 15.7. The summed E-state index contributed by atoms with van der Waals surface area (Å²) in [6.45, 7) is 0. The van der Waals surface area contributed by atoms with Crippen molar-refractivity contribution in [3.05, 3.63) is 35.8 Å². The van der Waals surface area contributed by atoms with Crippen molar-refractivity contribution < 1.29 is 23.1 Å². The topological polar surface area (TPSA) is 125 Å². The molecule has 2 bridgehead atoms. The minimum atomic E-state index is -3.76. The molecule has 3 fully saturated rings. The lowest BCUT2D eigenvalue weighted by atomic mass is 9.59. The molecule has 0 unspecified atom stereocenters. The van der Waals surface area contributed by atoms with Crippen molar-refractivity contribution in [3.63, 3.8) is 0 Å². The molecule has 0 saturated heterocycles. The van der Waals surface area contributed by atoms with Crippen LogP contribution in [0.1, 0.15) is 19.3 Å². The van der Waals surface area contributed by atoms with Gasteiger partial charge in [0.15, 0.2) is 5.13 Å². The Kier molecular flexibility index (Phi) is 4.19. The molecule has 3 atom stereocenters. The Balaban J connectivity index is 1.47. The van der Waals surface area contributed by atoms with Gasteiger partial charge in [-0.05, 0) is 49.4 Å². The normalized spacial score (nSPS) is 26.2. The SMILES string of the molecule is O=C(O)[C@@H]1[C@@H]2CC[C@@]1(C(=O)Nc1ccc(S(=O)(=O)Nc3nccs3)cc1)C2. The molecule has 3 saturated carbocycles. The number of hydrogen-bond donors (Lipinski definition) is 3. The van der Waals surface area contributed by atoms with Crippen LogP contribution in [-0.4, -0.2) is 30.4 Å². The summed E-state index contributed by atoms with van der Waals surface area (Å²) in [5.74, 6) is -1.77. The number of fused-ring (bicyclic) bond motifs is 1. The quantitative estimate of drug-likeness (QED) is 0.675. The van der Waals surface area contributed by atoms with E-state index in [-0.39, 0.29) is 21.9 Å². The summed E-state index contributed by atoms with van der Waals surface area (Å²) in [4.78, 5) is 28.0. The first-order valence-corrected chi connectivity index (χ1v) is 10.7. The minimum Gasteiger partial charge on any atom is -0.481 e. The summed E-state index contributed by atoms with van der Waals surface area (Å²) in [6.07, 6.45) is 3.42. The number of hydrogen-bond acceptors (Lipinski definition) is 6. The number of nitrogens with zero attached hydrogens (tertiary/aromatic N) is 1. The molecule has 5 rings (SSSR count). The van der Waals surface area contributed by atoms with E-state index in [1.54, 1.807) is 5.38 Å². The molecular formula is C17H17N3O5S2. The van der Waals surface area contributed by atoms with Crippen molar-refractivity contribution in [1.29, 1.82) is 0 Å². The molecule has 0 aliphatic heterocycles. The van der Waals surface area contributed by atoms with Gasteiger partial charge in [-0.15, -0.1) is 11.3 Å². The fraction of sp³-hybridized carbons (Fsp3) is 0.353. The van der Waals surface area contributed by atoms with E-state index in [0.717, 1.165) is 6.42 Å². The van der Waals surface area contributed by atoms with Gasteiger partial charge < -0.3 is 10.4 Å². The highest BCUT2D eigenvalue weighted by molar-refractivity contribution is 7.93. The maximum absolute atomic E-state index is 12.7. The van der Waals surface area contributed by atoms with Crippen molar-refractivity contribution in [2.75, 3.05) is 10.0 Å². The van der Waals surface area contributed by atoms with Crippen LogP contribution in [0.15, 0.2) is 40.7 Å². The predicted octanol–water partition coefficient (Wildman–Crippen LogP) is 2.38. The predicted molar refractivity (Wildman–Crippen MR) is 98.9 cm³/mol. The third-order valence-electron chi connectivity index (χ3n) is 5.45. The second-order valence-electron chi connectivity index (χ2n) is 6.90. The number of anilines is 2. The maximum Gasteiger partial charge on any atom is 0.307 e. The van der Waals surface area contributed by atoms with Crippen LogP contribution < -0.4 is 10.0 Å². The number of aromatic nitrogens is 1. The molecule has 3 aliphatic rings. The summed E-state index contributed by atoms with van der Waals surface area (Å²) in [7, 11) is -3.76. The number of carboxylic acid groups (broad SMARTS) is 1. The number of nitrogens with one attached hydrogen (secondary N) is 2. The van der Waals surface area contributed by atoms with Crippen LogP contribution in [0, 0.1) is 17.3 Å². The van der Waals surface area contributed by atoms with Gasteiger partial charge in [-0.3, -0.25) is 14.3 Å². The van der Waals surface area contributed by atoms with Crippen LogP contribution in [-0.2, 0) is 19.6 Å². The number of carbonyl (C=O) groups is 2. The lowest BCUT2D eigenvalue weighted by Crippen LogP contribution is -2.52. The lowest BCUT2D eigenvalue weighted by Gasteiger charge is -2.43. The van der Waals surface area contributed by atoms with Gasteiger partial charge in [0.2, 0.25) is 5.91 Å². The molecule has 27 heavy (non-hydrogen) atoms. The van der Waals surface area contributed by atoms with Crippen molar-refractivity contribution in [1.82, 2.24) is 4.98 Å². The van der Waals surface area contributed by atoms with Crippen LogP contribution in [0.4, 0.5) is 10.8 Å². The van der Waals surface area contributed by atoms with Crippen LogP contribution >= 0.6 is 11.3 Å². The summed E-state index contributed by atoms with van der Waals surface area (Å²) < 4.78 is 27.0. The maximum atomic E-state index is 12.7. The van der Waals surface area contributed by atoms with Crippen molar-refractivity contribution in [2.24, 2.45) is 17.3 Å². The average molecular weight is 407 g/mol. The first-order chi connectivity index (χ1) is 12.8. The van der Waals surface area contributed by atoms with Crippen LogP contribution in [0.3, 0.4) is 0 Å². The number of carbonyl (C=O) groups excluding carboxylic acids is 1. The molecular weight excluding hydrogens is 390 g/mol. The van der Waals surface area contributed by atoms with Gasteiger partial charge in [-0.25, -0.2) is 13.4 Å². The molecule has 3 N–H and O–H groups in total. The third-order valence-corrected chi connectivity index (χ3v) is 7.62. The Morgan fingerprint density at radius 2 is 2.00 bits per heavy atom. The number of benzene rings is 1. The highest BCUT2D eigenvalue weighted by Crippen LogP contribution is 2.63. The number of sulfonamides is 1. The Labute approximate surface area is 159 Å². The molecule has 10 heteroatoms. The summed E-state index contributed by atoms with van der Waals surface area (Å²) in [5, 5.41) is 14.0. The van der Waals surface area contributed by atoms with E-state index < -0.39 is 27.3 Å². The zero-order chi connectivity index (χ0) is 19.2. The van der Waals surface area contributed by atoms with Gasteiger partial charge in [0.1, 0.15) is 0 Å². The average Bonchev–Trinajstić information content (AvgIpc) is 3.30. The fourth-order valence-corrected chi connectivity index (χ4v) is 5.97. The second kappa shape index (κ2) is 6.31. The molecule has 1 aromatic heterocycles. The van der Waals surface area contributed by atoms with E-state index in [2.05, 4.69) is 15.0 Å². The van der Waals surface area contributed by atoms with Gasteiger partial charge in [0, 0.05) is 17.3 Å². The van der Waals surface area contributed by atoms with E-state index in [9.17, 15) is 23.1 Å². The van der Waals surface area contributed by atoms with Crippen LogP contribution in [0.25, 0.3) is 0 Å². The summed E-state index contributed by atoms with van der Waals surface area (Å²) in [5.41, 5.74) is -0.407. The van der Waals surface area contributed by atoms with Gasteiger partial charge in [0.25, 0.3) is 10.0 Å². The minimum absolute atomic E-state index is 0.0434. The van der Waals surface area contributed by atoms with Gasteiger partial charge in [-0.2, -0.15) is 0 Å². The Morgan fingerprint density at radius 3 is 2.59 bits per heavy atom. The smallest absolute Gasteiger partial charge is 0.307 e. The Hall–Kier alpha value is -2.46. The molecule has 0 spiro atoms. The highest BCUT2D eigenvalue weighted by Gasteiger charge is 2.66. The van der Waals surface area contributed by atoms with E-state index in [1.165, 1.54) is 41.8 Å². The standard InChI is InChI=1S/C17H17N3O5S2/c21-14(22)13-10-5-6-17(13,9-10)15(23)19-11-1-3-12(4-2-11)27(24,25)20-16-18-7-8-26-16/h1-4,7-8,10,13H,5-6,9H2,(H,18,20)(H,19,23)(H,21,22)/t10-,13+,17-/m1/s1. The highest BCUT2D eigenvalue weighted by atomic mass is 32.2. The van der Waals surface area contributed by atoms with E-state index in [0.29, 0.717) is 18.5 Å². The first kappa shape index (κ1) is 17.9. The van der Waals surface area contributed by atoms with Crippen LogP contribution in [0.2, 0.25) is 0 Å². The van der Waals surface area contributed by atoms with E-state index in [1.807, 2.05) is 0 Å². The summed E-state index contributed by atoms with van der Waals surface area (Å²) in [6, 6.07) is 5.75. The summed E-state index contributed by atoms with van der Waals surface area (Å²) >= 11 is 1.17. The lowest BCUT2D eigenvalue weighted by molar-refractivity contribution is -0.161. The molecule has 3 aliphatic carbocycles.